The maximum Gasteiger partial charge on any atom is 0.323 e. The van der Waals surface area contributed by atoms with E-state index in [0.717, 1.165) is 38.0 Å². The van der Waals surface area contributed by atoms with E-state index in [0.29, 0.717) is 5.92 Å². The fourth-order valence-corrected chi connectivity index (χ4v) is 4.08. The molecule has 2 aromatic rings. The third-order valence-electron chi connectivity index (χ3n) is 5.02. The Morgan fingerprint density at radius 2 is 2.10 bits per heavy atom. The Bertz CT molecular complexity index is 724. The average molecular weight is 284 g/mol. The van der Waals surface area contributed by atoms with Gasteiger partial charge < -0.3 is 9.67 Å². The summed E-state index contributed by atoms with van der Waals surface area (Å²) >= 11 is 0. The van der Waals surface area contributed by atoms with Crippen molar-refractivity contribution in [2.45, 2.75) is 38.8 Å². The molecule has 1 aromatic heterocycles. The average Bonchev–Trinajstić information content (AvgIpc) is 2.61. The largest absolute Gasteiger partial charge is 0.480 e. The molecule has 1 saturated heterocycles. The first-order valence-corrected chi connectivity index (χ1v) is 7.69. The molecular weight excluding hydrogens is 264 g/mol. The molecule has 4 heterocycles. The van der Waals surface area contributed by atoms with Gasteiger partial charge in [-0.2, -0.15) is 0 Å². The molecule has 0 radical (unpaired) electrons. The van der Waals surface area contributed by atoms with Gasteiger partial charge in [0, 0.05) is 29.1 Å². The van der Waals surface area contributed by atoms with Gasteiger partial charge in [-0.1, -0.05) is 11.6 Å². The van der Waals surface area contributed by atoms with E-state index < -0.39 is 5.97 Å². The molecule has 4 nitrogen and oxygen atoms in total. The van der Waals surface area contributed by atoms with Crippen LogP contribution in [0.2, 0.25) is 0 Å². The monoisotopic (exact) mass is 284 g/mol. The number of piperidine rings is 1. The van der Waals surface area contributed by atoms with Crippen LogP contribution >= 0.6 is 0 Å². The smallest absolute Gasteiger partial charge is 0.323 e. The van der Waals surface area contributed by atoms with Crippen molar-refractivity contribution in [3.8, 4) is 0 Å². The topological polar surface area (TPSA) is 45.5 Å². The van der Waals surface area contributed by atoms with Crippen molar-refractivity contribution in [3.63, 3.8) is 0 Å². The van der Waals surface area contributed by atoms with Crippen LogP contribution in [0.25, 0.3) is 10.9 Å². The van der Waals surface area contributed by atoms with Crippen LogP contribution in [0.3, 0.4) is 0 Å². The van der Waals surface area contributed by atoms with Gasteiger partial charge >= 0.3 is 5.97 Å². The second-order valence-electron chi connectivity index (χ2n) is 6.41. The number of rotatable bonds is 2. The van der Waals surface area contributed by atoms with Crippen LogP contribution in [0, 0.1) is 6.92 Å². The van der Waals surface area contributed by atoms with Gasteiger partial charge in [0.1, 0.15) is 6.54 Å². The molecule has 110 valence electrons. The highest BCUT2D eigenvalue weighted by Gasteiger charge is 2.32. The van der Waals surface area contributed by atoms with Gasteiger partial charge in [0.2, 0.25) is 0 Å². The van der Waals surface area contributed by atoms with E-state index in [9.17, 15) is 9.90 Å². The Balaban J connectivity index is 2.01. The number of nitrogens with zero attached hydrogens (tertiary/aromatic N) is 2. The summed E-state index contributed by atoms with van der Waals surface area (Å²) in [6.07, 6.45) is 2.31. The summed E-state index contributed by atoms with van der Waals surface area (Å²) in [6.45, 7) is 5.43. The summed E-state index contributed by atoms with van der Waals surface area (Å²) in [6, 6.07) is 6.39. The van der Waals surface area contributed by atoms with Crippen LogP contribution in [0.5, 0.6) is 0 Å². The first-order valence-electron chi connectivity index (χ1n) is 7.69. The molecule has 5 rings (SSSR count). The third-order valence-corrected chi connectivity index (χ3v) is 5.02. The van der Waals surface area contributed by atoms with Gasteiger partial charge in [-0.05, 0) is 50.6 Å². The predicted octanol–water partition coefficient (Wildman–Crippen LogP) is 2.73. The number of hydrogen-bond donors (Lipinski definition) is 1. The van der Waals surface area contributed by atoms with Crippen molar-refractivity contribution >= 4 is 16.9 Å². The lowest BCUT2D eigenvalue weighted by Gasteiger charge is -2.27. The first kappa shape index (κ1) is 12.9. The van der Waals surface area contributed by atoms with Gasteiger partial charge in [-0.25, -0.2) is 0 Å². The molecule has 3 aliphatic rings. The molecule has 0 aliphatic carbocycles. The Hall–Kier alpha value is -1.81. The Morgan fingerprint density at radius 1 is 1.33 bits per heavy atom. The highest BCUT2D eigenvalue weighted by Crippen LogP contribution is 2.41. The van der Waals surface area contributed by atoms with E-state index in [1.54, 1.807) is 0 Å². The SMILES string of the molecule is Cc1ccc2c(c1)c1c(n2CC(=O)O)C2CCN(CC2)C1. The molecule has 1 aromatic carbocycles. The number of aryl methyl sites for hydroxylation is 1. The number of benzene rings is 1. The zero-order chi connectivity index (χ0) is 14.6. The minimum absolute atomic E-state index is 0.0748. The lowest BCUT2D eigenvalue weighted by atomic mass is 9.94. The Labute approximate surface area is 124 Å². The predicted molar refractivity (Wildman–Crippen MR) is 81.6 cm³/mol. The summed E-state index contributed by atoms with van der Waals surface area (Å²) in [4.78, 5) is 13.8. The standard InChI is InChI=1S/C17H20N2O2/c1-11-2-3-15-13(8-11)14-9-18-6-4-12(5-7-18)17(14)19(15)10-16(20)21/h2-3,8,12H,4-7,9-10H2,1H3,(H,20,21). The van der Waals surface area contributed by atoms with Crippen molar-refractivity contribution in [2.75, 3.05) is 13.1 Å². The molecule has 0 spiro atoms. The maximum atomic E-state index is 11.3. The van der Waals surface area contributed by atoms with E-state index in [4.69, 9.17) is 0 Å². The zero-order valence-corrected chi connectivity index (χ0v) is 12.3. The highest BCUT2D eigenvalue weighted by molar-refractivity contribution is 5.88. The van der Waals surface area contributed by atoms with Crippen molar-refractivity contribution < 1.29 is 9.90 Å². The van der Waals surface area contributed by atoms with Crippen LogP contribution in [0.4, 0.5) is 0 Å². The second-order valence-corrected chi connectivity index (χ2v) is 6.41. The number of carboxylic acids is 1. The van der Waals surface area contributed by atoms with E-state index in [-0.39, 0.29) is 6.54 Å². The molecule has 1 fully saturated rings. The number of hydrogen-bond acceptors (Lipinski definition) is 2. The van der Waals surface area contributed by atoms with Crippen LogP contribution < -0.4 is 0 Å². The van der Waals surface area contributed by atoms with E-state index in [1.165, 1.54) is 22.2 Å². The van der Waals surface area contributed by atoms with Gasteiger partial charge in [-0.15, -0.1) is 0 Å². The highest BCUT2D eigenvalue weighted by atomic mass is 16.4. The molecule has 1 N–H and O–H groups in total. The van der Waals surface area contributed by atoms with E-state index >= 15 is 0 Å². The minimum atomic E-state index is -0.755. The molecule has 21 heavy (non-hydrogen) atoms. The van der Waals surface area contributed by atoms with Gasteiger partial charge in [0.15, 0.2) is 0 Å². The minimum Gasteiger partial charge on any atom is -0.480 e. The quantitative estimate of drug-likeness (QED) is 0.922. The second kappa shape index (κ2) is 4.60. The van der Waals surface area contributed by atoms with Gasteiger partial charge in [0.25, 0.3) is 0 Å². The van der Waals surface area contributed by atoms with Crippen LogP contribution in [0.1, 0.15) is 35.6 Å². The molecular formula is C17H20N2O2. The Morgan fingerprint density at radius 3 is 2.81 bits per heavy atom. The van der Waals surface area contributed by atoms with Crippen molar-refractivity contribution in [2.24, 2.45) is 0 Å². The Kier molecular flexibility index (Phi) is 2.82. The zero-order valence-electron chi connectivity index (χ0n) is 12.3. The van der Waals surface area contributed by atoms with Crippen LogP contribution in [-0.4, -0.2) is 33.6 Å². The number of carboxylic acid groups (broad SMARTS) is 1. The summed E-state index contributed by atoms with van der Waals surface area (Å²) in [7, 11) is 0. The fourth-order valence-electron chi connectivity index (χ4n) is 4.08. The van der Waals surface area contributed by atoms with E-state index in [2.05, 4.69) is 34.6 Å². The maximum absolute atomic E-state index is 11.3. The summed E-state index contributed by atoms with van der Waals surface area (Å²) in [5, 5.41) is 10.6. The molecule has 0 saturated carbocycles. The van der Waals surface area contributed by atoms with Crippen molar-refractivity contribution in [1.29, 1.82) is 0 Å². The van der Waals surface area contributed by atoms with Gasteiger partial charge in [-0.3, -0.25) is 9.69 Å². The lowest BCUT2D eigenvalue weighted by molar-refractivity contribution is -0.137. The number of aliphatic carboxylic acids is 1. The lowest BCUT2D eigenvalue weighted by Crippen LogP contribution is -2.29. The molecule has 0 atom stereocenters. The summed E-state index contributed by atoms with van der Waals surface area (Å²) in [5.74, 6) is -0.236. The summed E-state index contributed by atoms with van der Waals surface area (Å²) < 4.78 is 2.06. The normalized spacial score (nSPS) is 24.0. The molecule has 3 aliphatic heterocycles. The first-order chi connectivity index (χ1) is 10.1. The van der Waals surface area contributed by atoms with Crippen LogP contribution in [0.15, 0.2) is 18.2 Å². The van der Waals surface area contributed by atoms with Gasteiger partial charge in [0.05, 0.1) is 0 Å². The van der Waals surface area contributed by atoms with Crippen molar-refractivity contribution in [3.05, 3.63) is 35.0 Å². The molecule has 2 bridgehead atoms. The molecule has 4 heteroatoms. The van der Waals surface area contributed by atoms with E-state index in [1.807, 2.05) is 0 Å². The van der Waals surface area contributed by atoms with Crippen LogP contribution in [-0.2, 0) is 17.9 Å². The molecule has 0 amide bonds. The third kappa shape index (κ3) is 1.97. The number of fused-ring (bicyclic) bond motifs is 3. The fraction of sp³-hybridized carbons (Fsp3) is 0.471. The van der Waals surface area contributed by atoms with Crippen molar-refractivity contribution in [1.82, 2.24) is 9.47 Å². The summed E-state index contributed by atoms with van der Waals surface area (Å²) in [5.41, 5.74) is 4.99. The molecule has 0 unspecified atom stereocenters. The number of aromatic nitrogens is 1. The number of carbonyl (C=O) groups is 1.